The van der Waals surface area contributed by atoms with Gasteiger partial charge in [-0.25, -0.2) is 0 Å². The van der Waals surface area contributed by atoms with Crippen LogP contribution in [0.15, 0.2) is 0 Å². The summed E-state index contributed by atoms with van der Waals surface area (Å²) in [6.45, 7) is 0. The zero-order valence-electron chi connectivity index (χ0n) is 5.64. The van der Waals surface area contributed by atoms with E-state index >= 15 is 0 Å². The van der Waals surface area contributed by atoms with Crippen molar-refractivity contribution in [3.05, 3.63) is 0 Å². The lowest BCUT2D eigenvalue weighted by Gasteiger charge is -2.20. The summed E-state index contributed by atoms with van der Waals surface area (Å²) in [7, 11) is 0. The maximum absolute atomic E-state index is 1.66. The highest BCUT2D eigenvalue weighted by atomic mass is 14.9. The smallest absolute Gasteiger partial charge is 0.0201 e. The van der Waals surface area contributed by atoms with Crippen molar-refractivity contribution in [2.45, 2.75) is 25.7 Å². The van der Waals surface area contributed by atoms with E-state index in [4.69, 9.17) is 0 Å². The van der Waals surface area contributed by atoms with Crippen molar-refractivity contribution in [3.8, 4) is 0 Å². The van der Waals surface area contributed by atoms with Crippen molar-refractivity contribution < 1.29 is 0 Å². The third-order valence-electron chi connectivity index (χ3n) is 4.84. The largest absolute Gasteiger partial charge is 0.0499 e. The van der Waals surface area contributed by atoms with Crippen LogP contribution in [0.3, 0.4) is 0 Å². The van der Waals surface area contributed by atoms with E-state index in [1.807, 2.05) is 0 Å². The van der Waals surface area contributed by atoms with Gasteiger partial charge in [-0.05, 0) is 54.8 Å². The first kappa shape index (κ1) is 4.00. The third kappa shape index (κ3) is 0.222. The average molecular weight is 120 g/mol. The summed E-state index contributed by atoms with van der Waals surface area (Å²) in [4.78, 5) is 0. The first-order chi connectivity index (χ1) is 4.43. The fourth-order valence-corrected chi connectivity index (χ4v) is 4.47. The predicted molar refractivity (Wildman–Crippen MR) is 34.9 cm³/mol. The summed E-state index contributed by atoms with van der Waals surface area (Å²) in [5, 5.41) is 0. The Kier molecular flexibility index (Phi) is 0.360. The second-order valence-corrected chi connectivity index (χ2v) is 4.71. The van der Waals surface area contributed by atoms with E-state index in [9.17, 15) is 0 Å². The molecule has 0 aromatic carbocycles. The molecule has 4 bridgehead atoms. The molecule has 5 unspecified atom stereocenters. The molecule has 5 saturated carbocycles. The summed E-state index contributed by atoms with van der Waals surface area (Å²) in [5.41, 5.74) is 1.04. The number of fused-ring (bicyclic) bond motifs is 1. The lowest BCUT2D eigenvalue weighted by atomic mass is 9.85. The van der Waals surface area contributed by atoms with E-state index in [2.05, 4.69) is 0 Å². The zero-order chi connectivity index (χ0) is 5.64. The van der Waals surface area contributed by atoms with Crippen LogP contribution in [0.5, 0.6) is 0 Å². The normalized spacial score (nSPS) is 80.0. The highest BCUT2D eigenvalue weighted by Crippen LogP contribution is 2.90. The molecule has 48 valence electrons. The zero-order valence-corrected chi connectivity index (χ0v) is 5.64. The minimum Gasteiger partial charge on any atom is -0.0499 e. The minimum atomic E-state index is 1.04. The van der Waals surface area contributed by atoms with E-state index in [-0.39, 0.29) is 0 Å². The quantitative estimate of drug-likeness (QED) is 0.459. The van der Waals surface area contributed by atoms with Gasteiger partial charge in [0.1, 0.15) is 0 Å². The second kappa shape index (κ2) is 0.810. The first-order valence-corrected chi connectivity index (χ1v) is 4.43. The molecule has 5 aliphatic rings. The molecule has 0 aromatic rings. The van der Waals surface area contributed by atoms with E-state index in [1.165, 1.54) is 23.7 Å². The molecule has 0 nitrogen and oxygen atoms in total. The van der Waals surface area contributed by atoms with Crippen LogP contribution in [0.2, 0.25) is 0 Å². The topological polar surface area (TPSA) is 0 Å². The molecule has 1 spiro atoms. The van der Waals surface area contributed by atoms with E-state index in [1.54, 1.807) is 25.7 Å². The monoisotopic (exact) mass is 120 g/mol. The van der Waals surface area contributed by atoms with Crippen LogP contribution >= 0.6 is 0 Å². The Morgan fingerprint density at radius 1 is 1.00 bits per heavy atom. The number of rotatable bonds is 0. The maximum atomic E-state index is 1.66. The lowest BCUT2D eigenvalue weighted by Crippen LogP contribution is -2.11. The fraction of sp³-hybridized carbons (Fsp3) is 1.00. The molecule has 9 heavy (non-hydrogen) atoms. The van der Waals surface area contributed by atoms with Crippen molar-refractivity contribution >= 4 is 0 Å². The summed E-state index contributed by atoms with van der Waals surface area (Å²) >= 11 is 0. The molecule has 0 saturated heterocycles. The lowest BCUT2D eigenvalue weighted by molar-refractivity contribution is 0.300. The van der Waals surface area contributed by atoms with Gasteiger partial charge < -0.3 is 0 Å². The Balaban J connectivity index is 1.97. The van der Waals surface area contributed by atoms with Gasteiger partial charge in [-0.1, -0.05) is 0 Å². The molecular weight excluding hydrogens is 108 g/mol. The Morgan fingerprint density at radius 2 is 2.00 bits per heavy atom. The molecule has 5 atom stereocenters. The average Bonchev–Trinajstić information content (AvgIpc) is 2.73. The molecule has 0 aliphatic heterocycles. The molecule has 0 N–H and O–H groups in total. The minimum absolute atomic E-state index is 1.04. The molecule has 0 heteroatoms. The van der Waals surface area contributed by atoms with E-state index < -0.39 is 0 Å². The van der Waals surface area contributed by atoms with Crippen molar-refractivity contribution in [3.63, 3.8) is 0 Å². The van der Waals surface area contributed by atoms with Crippen LogP contribution in [0.4, 0.5) is 0 Å². The molecule has 0 heterocycles. The van der Waals surface area contributed by atoms with Gasteiger partial charge in [0.15, 0.2) is 0 Å². The molecule has 5 aliphatic carbocycles. The summed E-state index contributed by atoms with van der Waals surface area (Å²) in [5.74, 6) is 5.01. The highest BCUT2D eigenvalue weighted by Gasteiger charge is 2.84. The second-order valence-electron chi connectivity index (χ2n) is 4.71. The number of hydrogen-bond donors (Lipinski definition) is 0. The van der Waals surface area contributed by atoms with Crippen LogP contribution in [0.25, 0.3) is 0 Å². The van der Waals surface area contributed by atoms with Gasteiger partial charge in [0.2, 0.25) is 0 Å². The molecule has 0 radical (unpaired) electrons. The Labute approximate surface area is 55.6 Å². The standard InChI is InChI=1S/C9H12/c1-2-6-7-3-5(1)8-4-9(6,7)8/h5-8H,1-4H2. The van der Waals surface area contributed by atoms with Crippen molar-refractivity contribution in [2.24, 2.45) is 29.1 Å². The fourth-order valence-electron chi connectivity index (χ4n) is 4.47. The Hall–Kier alpha value is 0. The van der Waals surface area contributed by atoms with Crippen molar-refractivity contribution in [1.29, 1.82) is 0 Å². The van der Waals surface area contributed by atoms with Gasteiger partial charge in [0.25, 0.3) is 0 Å². The van der Waals surface area contributed by atoms with Gasteiger partial charge in [0, 0.05) is 0 Å². The summed E-state index contributed by atoms with van der Waals surface area (Å²) < 4.78 is 0. The van der Waals surface area contributed by atoms with E-state index in [0.717, 1.165) is 5.41 Å². The molecule has 0 aromatic heterocycles. The number of hydrogen-bond acceptors (Lipinski definition) is 0. The van der Waals surface area contributed by atoms with Gasteiger partial charge in [-0.2, -0.15) is 0 Å². The molecule has 0 amide bonds. The van der Waals surface area contributed by atoms with Crippen LogP contribution in [-0.4, -0.2) is 0 Å². The summed E-state index contributed by atoms with van der Waals surface area (Å²) in [6, 6.07) is 0. The first-order valence-electron chi connectivity index (χ1n) is 4.43. The molecule has 5 fully saturated rings. The van der Waals surface area contributed by atoms with E-state index in [0.29, 0.717) is 0 Å². The third-order valence-corrected chi connectivity index (χ3v) is 4.84. The highest BCUT2D eigenvalue weighted by molar-refractivity contribution is 5.32. The van der Waals surface area contributed by atoms with Gasteiger partial charge in [-0.15, -0.1) is 0 Å². The molecule has 5 rings (SSSR count). The Bertz CT molecular complexity index is 171. The van der Waals surface area contributed by atoms with Crippen LogP contribution in [0, 0.1) is 29.1 Å². The van der Waals surface area contributed by atoms with Crippen LogP contribution in [-0.2, 0) is 0 Å². The van der Waals surface area contributed by atoms with Gasteiger partial charge in [-0.3, -0.25) is 0 Å². The van der Waals surface area contributed by atoms with Gasteiger partial charge in [0.05, 0.1) is 0 Å². The van der Waals surface area contributed by atoms with Gasteiger partial charge >= 0.3 is 0 Å². The van der Waals surface area contributed by atoms with Crippen LogP contribution in [0.1, 0.15) is 25.7 Å². The van der Waals surface area contributed by atoms with Crippen LogP contribution < -0.4 is 0 Å². The Morgan fingerprint density at radius 3 is 2.44 bits per heavy atom. The molecular formula is C9H12. The van der Waals surface area contributed by atoms with Crippen molar-refractivity contribution in [2.75, 3.05) is 0 Å². The summed E-state index contributed by atoms with van der Waals surface area (Å²) in [6.07, 6.45) is 6.53. The predicted octanol–water partition coefficient (Wildman–Crippen LogP) is 2.05. The SMILES string of the molecule is C1CC2C3CC1C1CC123. The van der Waals surface area contributed by atoms with Crippen molar-refractivity contribution in [1.82, 2.24) is 0 Å². The maximum Gasteiger partial charge on any atom is -0.0201 e.